The van der Waals surface area contributed by atoms with E-state index >= 15 is 0 Å². The highest BCUT2D eigenvalue weighted by molar-refractivity contribution is 7.26. The van der Waals surface area contributed by atoms with Crippen molar-refractivity contribution >= 4 is 37.1 Å². The third-order valence-corrected chi connectivity index (χ3v) is 4.59. The number of hydrogen-bond acceptors (Lipinski definition) is 1. The predicted octanol–water partition coefficient (Wildman–Crippen LogP) is 6.03. The van der Waals surface area contributed by atoms with Gasteiger partial charge in [-0.05, 0) is 31.1 Å². The number of thiophene rings is 1. The van der Waals surface area contributed by atoms with E-state index in [2.05, 4.69) is 74.5 Å². The first-order chi connectivity index (χ1) is 9.35. The van der Waals surface area contributed by atoms with Crippen LogP contribution in [0.4, 0.5) is 0 Å². The van der Waals surface area contributed by atoms with Gasteiger partial charge in [0, 0.05) is 20.2 Å². The van der Waals surface area contributed by atoms with E-state index in [0.29, 0.717) is 0 Å². The van der Waals surface area contributed by atoms with Gasteiger partial charge in [0.1, 0.15) is 0 Å². The molecule has 0 aliphatic rings. The van der Waals surface area contributed by atoms with Crippen LogP contribution in [0.3, 0.4) is 0 Å². The highest BCUT2D eigenvalue weighted by Crippen LogP contribution is 2.38. The van der Waals surface area contributed by atoms with Crippen LogP contribution >= 0.6 is 11.3 Å². The number of fused-ring (bicyclic) bond motifs is 3. The third kappa shape index (κ3) is 2.00. The Hall–Kier alpha value is -1.86. The van der Waals surface area contributed by atoms with Gasteiger partial charge < -0.3 is 0 Å². The minimum absolute atomic E-state index is 1.29. The highest BCUT2D eigenvalue weighted by atomic mass is 32.1. The minimum atomic E-state index is 1.29. The number of allylic oxidation sites excluding steroid dienone is 4. The fourth-order valence-electron chi connectivity index (χ4n) is 2.50. The molecule has 1 heterocycles. The maximum atomic E-state index is 2.22. The van der Waals surface area contributed by atoms with E-state index in [4.69, 9.17) is 0 Å². The predicted molar refractivity (Wildman–Crippen MR) is 87.8 cm³/mol. The Kier molecular flexibility index (Phi) is 3.22. The molecular weight excluding hydrogens is 248 g/mol. The molecule has 3 rings (SSSR count). The maximum Gasteiger partial charge on any atom is 0.0433 e. The molecule has 1 aromatic heterocycles. The Morgan fingerprint density at radius 3 is 2.53 bits per heavy atom. The van der Waals surface area contributed by atoms with E-state index in [1.165, 1.54) is 31.3 Å². The van der Waals surface area contributed by atoms with Crippen molar-refractivity contribution in [2.24, 2.45) is 0 Å². The molecule has 0 saturated heterocycles. The normalized spacial score (nSPS) is 12.8. The summed E-state index contributed by atoms with van der Waals surface area (Å²) >= 11 is 1.88. The summed E-state index contributed by atoms with van der Waals surface area (Å²) in [4.78, 5) is 0. The molecule has 94 valence electrons. The standard InChI is InChI=1S/C18H16S/c1-3-8-13(4-2)14-10-7-11-16-15-9-5-6-12-17(15)19-18(14)16/h3-12H,1-2H3. The first kappa shape index (κ1) is 12.2. The lowest BCUT2D eigenvalue weighted by Crippen LogP contribution is -1.80. The van der Waals surface area contributed by atoms with Gasteiger partial charge in [0.05, 0.1) is 0 Å². The fourth-order valence-corrected chi connectivity index (χ4v) is 3.73. The van der Waals surface area contributed by atoms with Crippen molar-refractivity contribution in [3.05, 3.63) is 66.3 Å². The van der Waals surface area contributed by atoms with Crippen molar-refractivity contribution in [3.63, 3.8) is 0 Å². The van der Waals surface area contributed by atoms with Crippen LogP contribution in [-0.4, -0.2) is 0 Å². The van der Waals surface area contributed by atoms with E-state index in [-0.39, 0.29) is 0 Å². The van der Waals surface area contributed by atoms with Crippen LogP contribution in [0, 0.1) is 0 Å². The Morgan fingerprint density at radius 1 is 0.947 bits per heavy atom. The van der Waals surface area contributed by atoms with Crippen molar-refractivity contribution in [3.8, 4) is 0 Å². The Labute approximate surface area is 117 Å². The Morgan fingerprint density at radius 2 is 1.74 bits per heavy atom. The summed E-state index contributed by atoms with van der Waals surface area (Å²) in [5.41, 5.74) is 2.62. The zero-order chi connectivity index (χ0) is 13.2. The largest absolute Gasteiger partial charge is 0.135 e. The molecule has 0 unspecified atom stereocenters. The summed E-state index contributed by atoms with van der Waals surface area (Å²) in [6, 6.07) is 15.2. The van der Waals surface area contributed by atoms with E-state index in [1.54, 1.807) is 0 Å². The topological polar surface area (TPSA) is 0 Å². The van der Waals surface area contributed by atoms with Gasteiger partial charge in [-0.1, -0.05) is 54.6 Å². The molecule has 19 heavy (non-hydrogen) atoms. The lowest BCUT2D eigenvalue weighted by atomic mass is 10.0. The van der Waals surface area contributed by atoms with Gasteiger partial charge in [0.2, 0.25) is 0 Å². The SMILES string of the molecule is CC=CC(=CC)c1cccc2c1sc1ccccc12. The molecule has 1 heteroatoms. The minimum Gasteiger partial charge on any atom is -0.135 e. The average molecular weight is 264 g/mol. The summed E-state index contributed by atoms with van der Waals surface area (Å²) in [5, 5.41) is 2.72. The molecule has 3 aromatic rings. The molecule has 0 spiro atoms. The molecule has 0 atom stereocenters. The van der Waals surface area contributed by atoms with Gasteiger partial charge in [-0.2, -0.15) is 0 Å². The van der Waals surface area contributed by atoms with Crippen molar-refractivity contribution in [2.45, 2.75) is 13.8 Å². The molecule has 0 aliphatic carbocycles. The number of hydrogen-bond donors (Lipinski definition) is 0. The first-order valence-electron chi connectivity index (χ1n) is 6.54. The van der Waals surface area contributed by atoms with Crippen molar-refractivity contribution in [1.82, 2.24) is 0 Å². The van der Waals surface area contributed by atoms with Crippen LogP contribution in [0.1, 0.15) is 19.4 Å². The average Bonchev–Trinajstić information content (AvgIpc) is 2.83. The van der Waals surface area contributed by atoms with Gasteiger partial charge >= 0.3 is 0 Å². The molecule has 0 radical (unpaired) electrons. The summed E-state index contributed by atoms with van der Waals surface area (Å²) in [5.74, 6) is 0. The third-order valence-electron chi connectivity index (χ3n) is 3.37. The number of rotatable bonds is 2. The highest BCUT2D eigenvalue weighted by Gasteiger charge is 2.09. The maximum absolute atomic E-state index is 2.22. The van der Waals surface area contributed by atoms with E-state index in [9.17, 15) is 0 Å². The Balaban J connectivity index is 2.38. The molecule has 2 aromatic carbocycles. The zero-order valence-corrected chi connectivity index (χ0v) is 12.0. The Bertz CT molecular complexity index is 788. The quantitative estimate of drug-likeness (QED) is 0.495. The van der Waals surface area contributed by atoms with Gasteiger partial charge in [0.15, 0.2) is 0 Å². The van der Waals surface area contributed by atoms with Gasteiger partial charge in [0.25, 0.3) is 0 Å². The monoisotopic (exact) mass is 264 g/mol. The summed E-state index contributed by atoms with van der Waals surface area (Å²) in [6.07, 6.45) is 6.46. The van der Waals surface area contributed by atoms with Crippen LogP contribution in [0.5, 0.6) is 0 Å². The van der Waals surface area contributed by atoms with E-state index in [0.717, 1.165) is 0 Å². The molecule has 0 fully saturated rings. The fraction of sp³-hybridized carbons (Fsp3) is 0.111. The molecule has 0 saturated carbocycles. The van der Waals surface area contributed by atoms with Crippen molar-refractivity contribution in [2.75, 3.05) is 0 Å². The van der Waals surface area contributed by atoms with Crippen molar-refractivity contribution in [1.29, 1.82) is 0 Å². The molecular formula is C18H16S. The van der Waals surface area contributed by atoms with Crippen LogP contribution in [0.15, 0.2) is 60.7 Å². The van der Waals surface area contributed by atoms with Crippen LogP contribution < -0.4 is 0 Å². The molecule has 0 bridgehead atoms. The summed E-state index contributed by atoms with van der Waals surface area (Å²) in [6.45, 7) is 4.16. The second-order valence-corrected chi connectivity index (χ2v) is 5.58. The number of benzene rings is 2. The van der Waals surface area contributed by atoms with E-state index in [1.807, 2.05) is 11.3 Å². The molecule has 0 amide bonds. The van der Waals surface area contributed by atoms with Gasteiger partial charge in [-0.3, -0.25) is 0 Å². The second kappa shape index (κ2) is 5.02. The smallest absolute Gasteiger partial charge is 0.0433 e. The van der Waals surface area contributed by atoms with Crippen LogP contribution in [0.2, 0.25) is 0 Å². The van der Waals surface area contributed by atoms with Crippen molar-refractivity contribution < 1.29 is 0 Å². The zero-order valence-electron chi connectivity index (χ0n) is 11.2. The lowest BCUT2D eigenvalue weighted by Gasteiger charge is -2.03. The second-order valence-electron chi connectivity index (χ2n) is 4.52. The molecule has 0 aliphatic heterocycles. The van der Waals surface area contributed by atoms with Crippen LogP contribution in [0.25, 0.3) is 25.7 Å². The molecule has 0 nitrogen and oxygen atoms in total. The summed E-state index contributed by atoms with van der Waals surface area (Å²) in [7, 11) is 0. The lowest BCUT2D eigenvalue weighted by molar-refractivity contribution is 1.65. The first-order valence-corrected chi connectivity index (χ1v) is 7.36. The summed E-state index contributed by atoms with van der Waals surface area (Å²) < 4.78 is 2.75. The molecule has 0 N–H and O–H groups in total. The van der Waals surface area contributed by atoms with E-state index < -0.39 is 0 Å². The van der Waals surface area contributed by atoms with Crippen LogP contribution in [-0.2, 0) is 0 Å². The van der Waals surface area contributed by atoms with Gasteiger partial charge in [-0.25, -0.2) is 0 Å². The van der Waals surface area contributed by atoms with Gasteiger partial charge in [-0.15, -0.1) is 11.3 Å².